The Morgan fingerprint density at radius 1 is 1.22 bits per heavy atom. The first-order valence-electron chi connectivity index (χ1n) is 7.05. The largest absolute Gasteiger partial charge is 0.312 e. The van der Waals surface area contributed by atoms with Crippen molar-refractivity contribution in [2.75, 3.05) is 6.54 Å². The fraction of sp³-hybridized carbons (Fsp3) is 0.625. The van der Waals surface area contributed by atoms with Crippen LogP contribution >= 0.6 is 15.9 Å². The predicted octanol–water partition coefficient (Wildman–Crippen LogP) is 4.82. The van der Waals surface area contributed by atoms with Gasteiger partial charge in [-0.2, -0.15) is 0 Å². The van der Waals surface area contributed by atoms with Crippen LogP contribution in [-0.4, -0.2) is 6.54 Å². The van der Waals surface area contributed by atoms with E-state index < -0.39 is 0 Å². The van der Waals surface area contributed by atoms with E-state index in [2.05, 4.69) is 53.3 Å². The van der Waals surface area contributed by atoms with Crippen LogP contribution in [0.1, 0.15) is 50.2 Å². The van der Waals surface area contributed by atoms with E-state index in [-0.39, 0.29) is 0 Å². The summed E-state index contributed by atoms with van der Waals surface area (Å²) < 4.78 is 1.21. The zero-order valence-corrected chi connectivity index (χ0v) is 13.1. The smallest absolute Gasteiger partial charge is 0.0207 e. The predicted molar refractivity (Wildman–Crippen MR) is 81.8 cm³/mol. The first-order valence-corrected chi connectivity index (χ1v) is 7.84. The second-order valence-corrected chi connectivity index (χ2v) is 6.91. The van der Waals surface area contributed by atoms with Crippen molar-refractivity contribution in [3.8, 4) is 0 Å². The Balaban J connectivity index is 1.82. The molecule has 0 aromatic heterocycles. The first-order chi connectivity index (χ1) is 8.59. The summed E-state index contributed by atoms with van der Waals surface area (Å²) in [4.78, 5) is 0. The maximum atomic E-state index is 3.64. The van der Waals surface area contributed by atoms with E-state index in [1.807, 2.05) is 0 Å². The quantitative estimate of drug-likeness (QED) is 0.841. The Hall–Kier alpha value is -0.340. The molecule has 18 heavy (non-hydrogen) atoms. The number of hydrogen-bond donors (Lipinski definition) is 1. The molecule has 2 heteroatoms. The second kappa shape index (κ2) is 6.21. The number of benzene rings is 1. The van der Waals surface area contributed by atoms with Crippen molar-refractivity contribution in [3.63, 3.8) is 0 Å². The summed E-state index contributed by atoms with van der Waals surface area (Å²) in [5.41, 5.74) is 3.20. The highest BCUT2D eigenvalue weighted by molar-refractivity contribution is 9.10. The van der Waals surface area contributed by atoms with Crippen LogP contribution in [0.5, 0.6) is 0 Å². The summed E-state index contributed by atoms with van der Waals surface area (Å²) in [7, 11) is 0. The van der Waals surface area contributed by atoms with Crippen molar-refractivity contribution in [2.45, 2.75) is 52.5 Å². The summed E-state index contributed by atoms with van der Waals surface area (Å²) >= 11 is 3.60. The fourth-order valence-corrected chi connectivity index (χ4v) is 3.26. The molecule has 1 aliphatic carbocycles. The number of nitrogens with one attached hydrogen (secondary N) is 1. The third-order valence-corrected chi connectivity index (χ3v) is 5.03. The zero-order chi connectivity index (χ0) is 13.0. The molecule has 1 fully saturated rings. The lowest BCUT2D eigenvalue weighted by atomic mass is 9.76. The third-order valence-electron chi connectivity index (χ3n) is 4.18. The van der Waals surface area contributed by atoms with Crippen LogP contribution in [0.15, 0.2) is 22.7 Å². The normalized spacial score (nSPS) is 18.8. The summed E-state index contributed by atoms with van der Waals surface area (Å²) in [5.74, 6) is 0. The average molecular weight is 310 g/mol. The highest BCUT2D eigenvalue weighted by Crippen LogP contribution is 2.34. The van der Waals surface area contributed by atoms with Gasteiger partial charge < -0.3 is 5.32 Å². The first kappa shape index (κ1) is 14.1. The maximum absolute atomic E-state index is 3.64. The molecule has 1 aliphatic rings. The van der Waals surface area contributed by atoms with Gasteiger partial charge in [0.05, 0.1) is 0 Å². The van der Waals surface area contributed by atoms with E-state index in [0.717, 1.165) is 13.1 Å². The number of rotatable bonds is 4. The molecule has 2 rings (SSSR count). The zero-order valence-electron chi connectivity index (χ0n) is 11.6. The van der Waals surface area contributed by atoms with Crippen molar-refractivity contribution in [3.05, 3.63) is 33.8 Å². The lowest BCUT2D eigenvalue weighted by Crippen LogP contribution is -2.33. The summed E-state index contributed by atoms with van der Waals surface area (Å²) in [5, 5.41) is 3.64. The van der Waals surface area contributed by atoms with Gasteiger partial charge in [0.2, 0.25) is 0 Å². The molecule has 0 radical (unpaired) electrons. The van der Waals surface area contributed by atoms with Gasteiger partial charge in [0.15, 0.2) is 0 Å². The van der Waals surface area contributed by atoms with Gasteiger partial charge in [0.1, 0.15) is 0 Å². The SMILES string of the molecule is Cc1ccc(CNCC2(C)CCCCC2)cc1Br. The van der Waals surface area contributed by atoms with Crippen LogP contribution in [-0.2, 0) is 6.54 Å². The van der Waals surface area contributed by atoms with Gasteiger partial charge in [-0.3, -0.25) is 0 Å². The molecule has 0 aliphatic heterocycles. The number of halogens is 1. The van der Waals surface area contributed by atoms with Gasteiger partial charge in [-0.1, -0.05) is 54.2 Å². The van der Waals surface area contributed by atoms with Crippen LogP contribution in [0.2, 0.25) is 0 Å². The molecule has 0 atom stereocenters. The lowest BCUT2D eigenvalue weighted by Gasteiger charge is -2.33. The Kier molecular flexibility index (Phi) is 4.85. The van der Waals surface area contributed by atoms with Gasteiger partial charge in [0.25, 0.3) is 0 Å². The minimum atomic E-state index is 0.528. The molecule has 1 nitrogen and oxygen atoms in total. The second-order valence-electron chi connectivity index (χ2n) is 6.06. The van der Waals surface area contributed by atoms with Gasteiger partial charge in [0, 0.05) is 17.6 Å². The molecular weight excluding hydrogens is 286 g/mol. The van der Waals surface area contributed by atoms with Gasteiger partial charge in [-0.25, -0.2) is 0 Å². The maximum Gasteiger partial charge on any atom is 0.0207 e. The Morgan fingerprint density at radius 2 is 1.94 bits per heavy atom. The Bertz CT molecular complexity index is 394. The van der Waals surface area contributed by atoms with Gasteiger partial charge in [-0.05, 0) is 42.4 Å². The molecular formula is C16H24BrN. The molecule has 1 saturated carbocycles. The van der Waals surface area contributed by atoms with Crippen molar-refractivity contribution in [1.82, 2.24) is 5.32 Å². The van der Waals surface area contributed by atoms with Crippen LogP contribution in [0.3, 0.4) is 0 Å². The van der Waals surface area contributed by atoms with E-state index in [1.54, 1.807) is 0 Å². The highest BCUT2D eigenvalue weighted by atomic mass is 79.9. The monoisotopic (exact) mass is 309 g/mol. The minimum absolute atomic E-state index is 0.528. The van der Waals surface area contributed by atoms with Crippen LogP contribution in [0, 0.1) is 12.3 Å². The van der Waals surface area contributed by atoms with E-state index >= 15 is 0 Å². The molecule has 0 unspecified atom stereocenters. The molecule has 0 bridgehead atoms. The lowest BCUT2D eigenvalue weighted by molar-refractivity contribution is 0.207. The summed E-state index contributed by atoms with van der Waals surface area (Å²) in [6, 6.07) is 6.63. The molecule has 1 aromatic carbocycles. The van der Waals surface area contributed by atoms with Crippen LogP contribution in [0.25, 0.3) is 0 Å². The van der Waals surface area contributed by atoms with Crippen LogP contribution in [0.4, 0.5) is 0 Å². The molecule has 1 aromatic rings. The Morgan fingerprint density at radius 3 is 2.61 bits per heavy atom. The van der Waals surface area contributed by atoms with Gasteiger partial charge >= 0.3 is 0 Å². The standard InChI is InChI=1S/C16H24BrN/c1-13-6-7-14(10-15(13)17)11-18-12-16(2)8-4-3-5-9-16/h6-7,10,18H,3-5,8-9,11-12H2,1-2H3. The van der Waals surface area contributed by atoms with Gasteiger partial charge in [-0.15, -0.1) is 0 Å². The molecule has 0 spiro atoms. The summed E-state index contributed by atoms with van der Waals surface area (Å²) in [6.45, 7) is 6.70. The molecule has 100 valence electrons. The summed E-state index contributed by atoms with van der Waals surface area (Å²) in [6.07, 6.45) is 7.03. The highest BCUT2D eigenvalue weighted by Gasteiger charge is 2.25. The Labute approximate surface area is 119 Å². The van der Waals surface area contributed by atoms with Crippen molar-refractivity contribution in [1.29, 1.82) is 0 Å². The number of aryl methyl sites for hydroxylation is 1. The third kappa shape index (κ3) is 3.83. The van der Waals surface area contributed by atoms with E-state index in [1.165, 1.54) is 47.7 Å². The van der Waals surface area contributed by atoms with Crippen molar-refractivity contribution < 1.29 is 0 Å². The van der Waals surface area contributed by atoms with Crippen molar-refractivity contribution in [2.24, 2.45) is 5.41 Å². The minimum Gasteiger partial charge on any atom is -0.312 e. The molecule has 0 heterocycles. The molecule has 1 N–H and O–H groups in total. The van der Waals surface area contributed by atoms with E-state index in [9.17, 15) is 0 Å². The van der Waals surface area contributed by atoms with E-state index in [4.69, 9.17) is 0 Å². The van der Waals surface area contributed by atoms with Crippen LogP contribution < -0.4 is 5.32 Å². The average Bonchev–Trinajstić information content (AvgIpc) is 2.34. The number of hydrogen-bond acceptors (Lipinski definition) is 1. The van der Waals surface area contributed by atoms with Crippen molar-refractivity contribution >= 4 is 15.9 Å². The fourth-order valence-electron chi connectivity index (χ4n) is 2.84. The van der Waals surface area contributed by atoms with E-state index in [0.29, 0.717) is 5.41 Å². The molecule has 0 amide bonds. The topological polar surface area (TPSA) is 12.0 Å². The molecule has 0 saturated heterocycles.